The summed E-state index contributed by atoms with van der Waals surface area (Å²) in [5, 5.41) is 8.93. The highest BCUT2D eigenvalue weighted by molar-refractivity contribution is 6.04. The maximum absolute atomic E-state index is 12.2. The molecule has 8 heteroatoms. The second-order valence-corrected chi connectivity index (χ2v) is 6.32. The molecule has 27 heavy (non-hydrogen) atoms. The van der Waals surface area contributed by atoms with E-state index in [1.54, 1.807) is 36.7 Å². The minimum Gasteiger partial charge on any atom is -0.352 e. The average molecular weight is 411 g/mol. The first-order valence-electron chi connectivity index (χ1n) is 8.42. The zero-order valence-corrected chi connectivity index (χ0v) is 16.6. The standard InChI is InChI=1S/C19H22N4O2.2ClH/c1-13(16-10-21-11-16)18(24)22-9-14-4-6-15(7-5-14)19(25)23-17-3-2-8-20-12-17;;/h2-8,12-13,16,21H,9-11H2,1H3,(H,22,24)(H,23,25);2*1H. The second kappa shape index (κ2) is 10.9. The Bertz CT molecular complexity index is 737. The van der Waals surface area contributed by atoms with Crippen molar-refractivity contribution in [3.05, 3.63) is 59.9 Å². The number of benzene rings is 1. The summed E-state index contributed by atoms with van der Waals surface area (Å²) in [5.41, 5.74) is 2.18. The highest BCUT2D eigenvalue weighted by Gasteiger charge is 2.28. The number of rotatable bonds is 6. The minimum atomic E-state index is -0.185. The zero-order valence-electron chi connectivity index (χ0n) is 15.0. The first kappa shape index (κ1) is 22.9. The monoisotopic (exact) mass is 410 g/mol. The van der Waals surface area contributed by atoms with Gasteiger partial charge in [-0.25, -0.2) is 0 Å². The molecule has 2 amide bonds. The highest BCUT2D eigenvalue weighted by Crippen LogP contribution is 2.16. The molecule has 2 aromatic rings. The van der Waals surface area contributed by atoms with Gasteiger partial charge in [0.25, 0.3) is 5.91 Å². The van der Waals surface area contributed by atoms with Gasteiger partial charge in [-0.15, -0.1) is 24.8 Å². The number of carbonyl (C=O) groups excluding carboxylic acids is 2. The van der Waals surface area contributed by atoms with E-state index in [0.29, 0.717) is 23.7 Å². The van der Waals surface area contributed by atoms with Crippen LogP contribution in [0.15, 0.2) is 48.8 Å². The molecule has 0 bridgehead atoms. The number of hydrogen-bond acceptors (Lipinski definition) is 4. The van der Waals surface area contributed by atoms with Crippen LogP contribution in [0.4, 0.5) is 5.69 Å². The molecule has 6 nitrogen and oxygen atoms in total. The number of aromatic nitrogens is 1. The number of pyridine rings is 1. The van der Waals surface area contributed by atoms with Crippen molar-refractivity contribution in [1.82, 2.24) is 15.6 Å². The van der Waals surface area contributed by atoms with Gasteiger partial charge in [0.1, 0.15) is 0 Å². The van der Waals surface area contributed by atoms with Gasteiger partial charge in [-0.1, -0.05) is 19.1 Å². The van der Waals surface area contributed by atoms with Gasteiger partial charge in [-0.05, 0) is 48.8 Å². The third kappa shape index (κ3) is 6.20. The first-order valence-corrected chi connectivity index (χ1v) is 8.42. The van der Waals surface area contributed by atoms with E-state index in [1.807, 2.05) is 19.1 Å². The molecule has 1 saturated heterocycles. The predicted octanol–water partition coefficient (Wildman–Crippen LogP) is 2.65. The molecule has 3 N–H and O–H groups in total. The second-order valence-electron chi connectivity index (χ2n) is 6.32. The Balaban J connectivity index is 0.00000182. The molecule has 0 saturated carbocycles. The van der Waals surface area contributed by atoms with Crippen molar-refractivity contribution in [3.63, 3.8) is 0 Å². The van der Waals surface area contributed by atoms with Crippen LogP contribution in [0.3, 0.4) is 0 Å². The van der Waals surface area contributed by atoms with Gasteiger partial charge in [0.05, 0.1) is 11.9 Å². The van der Waals surface area contributed by atoms with Gasteiger partial charge < -0.3 is 16.0 Å². The smallest absolute Gasteiger partial charge is 0.255 e. The summed E-state index contributed by atoms with van der Waals surface area (Å²) in [6.45, 7) is 4.26. The molecular formula is C19H24Cl2N4O2. The number of nitrogens with one attached hydrogen (secondary N) is 3. The van der Waals surface area contributed by atoms with E-state index in [0.717, 1.165) is 18.7 Å². The molecule has 1 aliphatic heterocycles. The lowest BCUT2D eigenvalue weighted by Gasteiger charge is -2.31. The number of anilines is 1. The van der Waals surface area contributed by atoms with Gasteiger partial charge in [-0.3, -0.25) is 14.6 Å². The maximum atomic E-state index is 12.2. The van der Waals surface area contributed by atoms with E-state index in [9.17, 15) is 9.59 Å². The fourth-order valence-electron chi connectivity index (χ4n) is 2.64. The Morgan fingerprint density at radius 1 is 1.19 bits per heavy atom. The number of nitrogens with zero attached hydrogens (tertiary/aromatic N) is 1. The summed E-state index contributed by atoms with van der Waals surface area (Å²) in [6, 6.07) is 10.8. The van der Waals surface area contributed by atoms with Crippen LogP contribution in [-0.4, -0.2) is 29.9 Å². The van der Waals surface area contributed by atoms with Crippen LogP contribution < -0.4 is 16.0 Å². The molecule has 1 fully saturated rings. The van der Waals surface area contributed by atoms with Crippen LogP contribution in [0.5, 0.6) is 0 Å². The Hall–Kier alpha value is -2.15. The Morgan fingerprint density at radius 2 is 1.89 bits per heavy atom. The summed E-state index contributed by atoms with van der Waals surface area (Å²) in [6.07, 6.45) is 3.25. The van der Waals surface area contributed by atoms with Crippen molar-refractivity contribution in [2.24, 2.45) is 11.8 Å². The summed E-state index contributed by atoms with van der Waals surface area (Å²) >= 11 is 0. The molecule has 0 aliphatic carbocycles. The number of carbonyl (C=O) groups is 2. The summed E-state index contributed by atoms with van der Waals surface area (Å²) in [5.74, 6) is 0.337. The van der Waals surface area contributed by atoms with Gasteiger partial charge in [0.2, 0.25) is 5.91 Å². The van der Waals surface area contributed by atoms with E-state index < -0.39 is 0 Å². The van der Waals surface area contributed by atoms with Crippen LogP contribution in [0, 0.1) is 11.8 Å². The molecule has 1 unspecified atom stereocenters. The predicted molar refractivity (Wildman–Crippen MR) is 110 cm³/mol. The van der Waals surface area contributed by atoms with Gasteiger partial charge in [0, 0.05) is 24.2 Å². The third-order valence-electron chi connectivity index (χ3n) is 4.54. The van der Waals surface area contributed by atoms with E-state index in [2.05, 4.69) is 20.9 Å². The largest absolute Gasteiger partial charge is 0.352 e. The van der Waals surface area contributed by atoms with Crippen LogP contribution in [0.2, 0.25) is 0 Å². The van der Waals surface area contributed by atoms with E-state index in [-0.39, 0.29) is 42.5 Å². The average Bonchev–Trinajstić information content (AvgIpc) is 2.59. The number of amides is 2. The van der Waals surface area contributed by atoms with E-state index in [4.69, 9.17) is 0 Å². The van der Waals surface area contributed by atoms with Crippen molar-refractivity contribution in [2.75, 3.05) is 18.4 Å². The summed E-state index contributed by atoms with van der Waals surface area (Å²) in [7, 11) is 0. The zero-order chi connectivity index (χ0) is 17.6. The normalized spacial score (nSPS) is 14.0. The molecule has 1 aromatic heterocycles. The Kier molecular flexibility index (Phi) is 9.21. The van der Waals surface area contributed by atoms with Gasteiger partial charge in [0.15, 0.2) is 0 Å². The van der Waals surface area contributed by atoms with Crippen molar-refractivity contribution in [2.45, 2.75) is 13.5 Å². The number of hydrogen-bond donors (Lipinski definition) is 3. The quantitative estimate of drug-likeness (QED) is 0.683. The summed E-state index contributed by atoms with van der Waals surface area (Å²) < 4.78 is 0. The molecule has 146 valence electrons. The molecule has 3 rings (SSSR count). The molecule has 1 aromatic carbocycles. The van der Waals surface area contributed by atoms with Crippen molar-refractivity contribution < 1.29 is 9.59 Å². The number of halogens is 2. The molecule has 2 heterocycles. The lowest BCUT2D eigenvalue weighted by atomic mass is 9.88. The van der Waals surface area contributed by atoms with Crippen LogP contribution in [-0.2, 0) is 11.3 Å². The lowest BCUT2D eigenvalue weighted by Crippen LogP contribution is -2.49. The van der Waals surface area contributed by atoms with E-state index in [1.165, 1.54) is 0 Å². The van der Waals surface area contributed by atoms with Crippen LogP contribution in [0.25, 0.3) is 0 Å². The summed E-state index contributed by atoms with van der Waals surface area (Å²) in [4.78, 5) is 28.3. The van der Waals surface area contributed by atoms with E-state index >= 15 is 0 Å². The minimum absolute atomic E-state index is 0. The fourth-order valence-corrected chi connectivity index (χ4v) is 2.64. The van der Waals surface area contributed by atoms with Crippen molar-refractivity contribution >= 4 is 42.3 Å². The molecular weight excluding hydrogens is 387 g/mol. The van der Waals surface area contributed by atoms with Crippen LogP contribution >= 0.6 is 24.8 Å². The Labute approximate surface area is 171 Å². The maximum Gasteiger partial charge on any atom is 0.255 e. The lowest BCUT2D eigenvalue weighted by molar-refractivity contribution is -0.126. The molecule has 1 aliphatic rings. The molecule has 0 radical (unpaired) electrons. The Morgan fingerprint density at radius 3 is 2.44 bits per heavy atom. The fraction of sp³-hybridized carbons (Fsp3) is 0.316. The van der Waals surface area contributed by atoms with Crippen LogP contribution in [0.1, 0.15) is 22.8 Å². The third-order valence-corrected chi connectivity index (χ3v) is 4.54. The van der Waals surface area contributed by atoms with Gasteiger partial charge in [-0.2, -0.15) is 0 Å². The molecule has 0 spiro atoms. The SMILES string of the molecule is CC(C(=O)NCc1ccc(C(=O)Nc2cccnc2)cc1)C1CNC1.Cl.Cl. The first-order chi connectivity index (χ1) is 12.1. The topological polar surface area (TPSA) is 83.1 Å². The molecule has 1 atom stereocenters. The van der Waals surface area contributed by atoms with Crippen molar-refractivity contribution in [3.8, 4) is 0 Å². The van der Waals surface area contributed by atoms with Crippen molar-refractivity contribution in [1.29, 1.82) is 0 Å². The van der Waals surface area contributed by atoms with Gasteiger partial charge >= 0.3 is 0 Å². The highest BCUT2D eigenvalue weighted by atomic mass is 35.5.